The molecule has 2 aromatic rings. The zero-order valence-electron chi connectivity index (χ0n) is 21.6. The first kappa shape index (κ1) is 26.8. The molecule has 2 saturated carbocycles. The number of rotatable bonds is 9. The average molecular weight is 543 g/mol. The van der Waals surface area contributed by atoms with E-state index in [-0.39, 0.29) is 23.9 Å². The van der Waals surface area contributed by atoms with Crippen LogP contribution in [0.15, 0.2) is 48.5 Å². The second kappa shape index (κ2) is 11.1. The van der Waals surface area contributed by atoms with E-state index in [0.29, 0.717) is 37.2 Å². The molecular formula is C28H35FN4O4S. The van der Waals surface area contributed by atoms with Crippen molar-refractivity contribution in [2.75, 3.05) is 18.0 Å². The molecule has 0 aromatic heterocycles. The van der Waals surface area contributed by atoms with Crippen LogP contribution in [0.5, 0.6) is 0 Å². The maximum atomic E-state index is 14.4. The summed E-state index contributed by atoms with van der Waals surface area (Å²) < 4.78 is 43.0. The summed E-state index contributed by atoms with van der Waals surface area (Å²) in [6.07, 6.45) is 5.66. The molecule has 1 atom stereocenters. The Kier molecular flexibility index (Phi) is 7.83. The van der Waals surface area contributed by atoms with Gasteiger partial charge in [-0.2, -0.15) is 17.4 Å². The Morgan fingerprint density at radius 3 is 2.37 bits per heavy atom. The van der Waals surface area contributed by atoms with E-state index >= 15 is 0 Å². The molecular weight excluding hydrogens is 507 g/mol. The normalized spacial score (nSPS) is 22.8. The smallest absolute Gasteiger partial charge is 0.279 e. The number of nitrogens with one attached hydrogen (secondary N) is 2. The molecule has 2 amide bonds. The molecule has 2 aromatic carbocycles. The molecule has 3 fully saturated rings. The molecule has 0 bridgehead atoms. The van der Waals surface area contributed by atoms with Gasteiger partial charge in [-0.15, -0.1) is 0 Å². The summed E-state index contributed by atoms with van der Waals surface area (Å²) >= 11 is 0. The number of carbonyl (C=O) groups is 2. The van der Waals surface area contributed by atoms with E-state index < -0.39 is 28.0 Å². The second-order valence-corrected chi connectivity index (χ2v) is 12.4. The molecule has 10 heteroatoms. The number of carbonyl (C=O) groups excluding carboxylic acids is 2. The zero-order valence-corrected chi connectivity index (χ0v) is 22.4. The predicted molar refractivity (Wildman–Crippen MR) is 143 cm³/mol. The standard InChI is InChI=1S/C28H35FN4O4S/c1-19-8-5-6-13-25(19)26(27(34)30-22-10-3-2-4-11-22)33(24-12-7-9-21(29)18-24)28(35)20-16-23(17-20)31-38(36,37)32-14-15-32/h5-9,12-13,18,20,22-23,26,31H,2-4,10-11,14-17H2,1H3,(H,30,34)/t20?,23?,26-/m1/s1. The van der Waals surface area contributed by atoms with Crippen LogP contribution in [0.4, 0.5) is 10.1 Å². The number of amides is 2. The van der Waals surface area contributed by atoms with Crippen LogP contribution < -0.4 is 14.9 Å². The lowest BCUT2D eigenvalue weighted by Gasteiger charge is -2.41. The van der Waals surface area contributed by atoms with E-state index in [0.717, 1.165) is 37.7 Å². The third-order valence-electron chi connectivity index (χ3n) is 7.81. The average Bonchev–Trinajstić information content (AvgIpc) is 3.72. The third kappa shape index (κ3) is 5.92. The highest BCUT2D eigenvalue weighted by molar-refractivity contribution is 7.87. The fraction of sp³-hybridized carbons (Fsp3) is 0.500. The van der Waals surface area contributed by atoms with E-state index in [1.807, 2.05) is 31.2 Å². The van der Waals surface area contributed by atoms with Gasteiger partial charge in [0, 0.05) is 36.8 Å². The lowest BCUT2D eigenvalue weighted by atomic mass is 9.79. The maximum Gasteiger partial charge on any atom is 0.279 e. The third-order valence-corrected chi connectivity index (χ3v) is 9.49. The Balaban J connectivity index is 1.45. The maximum absolute atomic E-state index is 14.4. The Bertz CT molecular complexity index is 1290. The van der Waals surface area contributed by atoms with Crippen molar-refractivity contribution in [3.05, 3.63) is 65.5 Å². The zero-order chi connectivity index (χ0) is 26.9. The van der Waals surface area contributed by atoms with Crippen molar-refractivity contribution in [3.63, 3.8) is 0 Å². The van der Waals surface area contributed by atoms with Gasteiger partial charge in [0.25, 0.3) is 10.2 Å². The van der Waals surface area contributed by atoms with Gasteiger partial charge in [0.1, 0.15) is 11.9 Å². The molecule has 0 spiro atoms. The van der Waals surface area contributed by atoms with Crippen molar-refractivity contribution in [2.24, 2.45) is 5.92 Å². The number of hydrogen-bond acceptors (Lipinski definition) is 4. The number of nitrogens with zero attached hydrogens (tertiary/aromatic N) is 2. The highest BCUT2D eigenvalue weighted by Crippen LogP contribution is 2.37. The van der Waals surface area contributed by atoms with Crippen LogP contribution >= 0.6 is 0 Å². The van der Waals surface area contributed by atoms with E-state index in [1.54, 1.807) is 6.07 Å². The van der Waals surface area contributed by atoms with Crippen LogP contribution in [-0.4, -0.2) is 49.7 Å². The molecule has 204 valence electrons. The van der Waals surface area contributed by atoms with Crippen LogP contribution in [0.3, 0.4) is 0 Å². The summed E-state index contributed by atoms with van der Waals surface area (Å²) in [5, 5.41) is 3.17. The fourth-order valence-electron chi connectivity index (χ4n) is 5.53. The first-order chi connectivity index (χ1) is 18.2. The molecule has 0 unspecified atom stereocenters. The number of aryl methyl sites for hydroxylation is 1. The van der Waals surface area contributed by atoms with Crippen molar-refractivity contribution >= 4 is 27.7 Å². The van der Waals surface area contributed by atoms with Gasteiger partial charge in [-0.3, -0.25) is 14.5 Å². The van der Waals surface area contributed by atoms with Crippen LogP contribution in [0, 0.1) is 18.7 Å². The number of anilines is 1. The molecule has 0 radical (unpaired) electrons. The Morgan fingerprint density at radius 1 is 1.00 bits per heavy atom. The minimum absolute atomic E-state index is 0.0344. The molecule has 5 rings (SSSR count). The number of benzene rings is 2. The van der Waals surface area contributed by atoms with Gasteiger partial charge in [0.15, 0.2) is 0 Å². The van der Waals surface area contributed by atoms with Crippen molar-refractivity contribution in [2.45, 2.75) is 70.0 Å². The van der Waals surface area contributed by atoms with Crippen LogP contribution in [0.2, 0.25) is 0 Å². The summed E-state index contributed by atoms with van der Waals surface area (Å²) in [7, 11) is -3.52. The monoisotopic (exact) mass is 542 g/mol. The van der Waals surface area contributed by atoms with E-state index in [2.05, 4.69) is 10.0 Å². The molecule has 2 N–H and O–H groups in total. The lowest BCUT2D eigenvalue weighted by molar-refractivity contribution is -0.130. The molecule has 1 heterocycles. The van der Waals surface area contributed by atoms with Gasteiger partial charge < -0.3 is 5.32 Å². The van der Waals surface area contributed by atoms with Gasteiger partial charge in [-0.1, -0.05) is 49.6 Å². The topological polar surface area (TPSA) is 98.6 Å². The van der Waals surface area contributed by atoms with Gasteiger partial charge in [-0.25, -0.2) is 4.39 Å². The van der Waals surface area contributed by atoms with Crippen molar-refractivity contribution in [1.82, 2.24) is 14.3 Å². The first-order valence-corrected chi connectivity index (χ1v) is 14.9. The van der Waals surface area contributed by atoms with E-state index in [9.17, 15) is 22.4 Å². The van der Waals surface area contributed by atoms with Crippen molar-refractivity contribution in [1.29, 1.82) is 0 Å². The van der Waals surface area contributed by atoms with Crippen molar-refractivity contribution < 1.29 is 22.4 Å². The van der Waals surface area contributed by atoms with Crippen molar-refractivity contribution in [3.8, 4) is 0 Å². The Hall–Kier alpha value is -2.82. The number of hydrogen-bond donors (Lipinski definition) is 2. The highest BCUT2D eigenvalue weighted by Gasteiger charge is 2.44. The van der Waals surface area contributed by atoms with Gasteiger partial charge in [0.2, 0.25) is 11.8 Å². The minimum atomic E-state index is -3.52. The summed E-state index contributed by atoms with van der Waals surface area (Å²) in [5.41, 5.74) is 1.83. The molecule has 1 aliphatic heterocycles. The Labute approximate surface area is 223 Å². The second-order valence-electron chi connectivity index (χ2n) is 10.7. The Morgan fingerprint density at radius 2 is 1.71 bits per heavy atom. The molecule has 1 saturated heterocycles. The summed E-state index contributed by atoms with van der Waals surface area (Å²) in [6, 6.07) is 11.9. The van der Waals surface area contributed by atoms with E-state index in [4.69, 9.17) is 0 Å². The quantitative estimate of drug-likeness (QED) is 0.473. The van der Waals surface area contributed by atoms with Crippen LogP contribution in [0.1, 0.15) is 62.1 Å². The van der Waals surface area contributed by atoms with Crippen LogP contribution in [-0.2, 0) is 19.8 Å². The van der Waals surface area contributed by atoms with Gasteiger partial charge >= 0.3 is 0 Å². The summed E-state index contributed by atoms with van der Waals surface area (Å²) in [4.78, 5) is 29.4. The fourth-order valence-corrected chi connectivity index (χ4v) is 6.85. The predicted octanol–water partition coefficient (Wildman–Crippen LogP) is 3.59. The minimum Gasteiger partial charge on any atom is -0.351 e. The van der Waals surface area contributed by atoms with Gasteiger partial charge in [0.05, 0.1) is 0 Å². The lowest BCUT2D eigenvalue weighted by Crippen LogP contribution is -2.54. The summed E-state index contributed by atoms with van der Waals surface area (Å²) in [5.74, 6) is -1.60. The van der Waals surface area contributed by atoms with Gasteiger partial charge in [-0.05, 0) is 61.9 Å². The number of halogens is 1. The van der Waals surface area contributed by atoms with Crippen LogP contribution in [0.25, 0.3) is 0 Å². The molecule has 8 nitrogen and oxygen atoms in total. The first-order valence-electron chi connectivity index (χ1n) is 13.4. The molecule has 2 aliphatic carbocycles. The van der Waals surface area contributed by atoms with E-state index in [1.165, 1.54) is 27.4 Å². The summed E-state index contributed by atoms with van der Waals surface area (Å²) in [6.45, 7) is 2.91. The molecule has 38 heavy (non-hydrogen) atoms. The largest absolute Gasteiger partial charge is 0.351 e. The molecule has 3 aliphatic rings. The SMILES string of the molecule is Cc1ccccc1[C@H](C(=O)NC1CCCCC1)N(C(=O)C1CC(NS(=O)(=O)N2CC2)C1)c1cccc(F)c1. The highest BCUT2D eigenvalue weighted by atomic mass is 32.2.